The van der Waals surface area contributed by atoms with Gasteiger partial charge < -0.3 is 9.80 Å². The fraction of sp³-hybridized carbons (Fsp3) is 0.340. The standard InChI is InChI=1S/C47H51N6/c1-9-46(7)38-21-15-14-20-37(38)45-51(41-32(5)25-30(3)26-33(41)6)23-24-52(45)47(46,10-2)28-35-27-34-18-12-16-22-39(34)53-43-40(50(8)44(35)53)29-48-42(49-43)36-19-13-11-17-31(36)4/h11-26,29,35,44H,9-10,27-28H2,1-8H3/q+1. The summed E-state index contributed by atoms with van der Waals surface area (Å²) in [5.74, 6) is 3.39. The molecule has 3 aliphatic heterocycles. The maximum atomic E-state index is 5.37. The molecule has 0 radical (unpaired) electrons. The Labute approximate surface area is 314 Å². The maximum Gasteiger partial charge on any atom is 0.294 e. The number of anilines is 3. The van der Waals surface area contributed by atoms with Crippen molar-refractivity contribution in [2.45, 2.75) is 91.3 Å². The second-order valence-electron chi connectivity index (χ2n) is 16.1. The van der Waals surface area contributed by atoms with Gasteiger partial charge in [0.25, 0.3) is 5.82 Å². The van der Waals surface area contributed by atoms with Crippen molar-refractivity contribution >= 4 is 17.2 Å². The third-order valence-corrected chi connectivity index (χ3v) is 13.4. The van der Waals surface area contributed by atoms with Gasteiger partial charge in [0.05, 0.1) is 11.8 Å². The summed E-state index contributed by atoms with van der Waals surface area (Å²) in [4.78, 5) is 15.4. The van der Waals surface area contributed by atoms with Crippen molar-refractivity contribution in [1.82, 2.24) is 14.5 Å². The summed E-state index contributed by atoms with van der Waals surface area (Å²) in [7, 11) is 2.26. The summed E-state index contributed by atoms with van der Waals surface area (Å²) in [6.07, 6.45) is 11.0. The Morgan fingerprint density at radius 1 is 0.811 bits per heavy atom. The molecule has 0 saturated carbocycles. The molecule has 6 aromatic rings. The minimum absolute atomic E-state index is 0.107. The molecule has 5 heterocycles. The van der Waals surface area contributed by atoms with Gasteiger partial charge in [0.15, 0.2) is 11.6 Å². The summed E-state index contributed by atoms with van der Waals surface area (Å²) in [6.45, 7) is 16.3. The first-order chi connectivity index (χ1) is 25.6. The van der Waals surface area contributed by atoms with Crippen LogP contribution in [0.4, 0.5) is 17.2 Å². The van der Waals surface area contributed by atoms with Gasteiger partial charge in [-0.05, 0) is 93.3 Å². The Hall–Kier alpha value is -5.23. The largest absolute Gasteiger partial charge is 0.349 e. The summed E-state index contributed by atoms with van der Waals surface area (Å²) < 4.78 is 5.20. The maximum absolute atomic E-state index is 5.37. The lowest BCUT2D eigenvalue weighted by atomic mass is 9.57. The lowest BCUT2D eigenvalue weighted by Crippen LogP contribution is -2.70. The van der Waals surface area contributed by atoms with Crippen LogP contribution in [0.2, 0.25) is 0 Å². The number of para-hydroxylation sites is 1. The molecule has 2 aromatic heterocycles. The van der Waals surface area contributed by atoms with Gasteiger partial charge >= 0.3 is 0 Å². The number of benzene rings is 4. The lowest BCUT2D eigenvalue weighted by Gasteiger charge is -2.53. The van der Waals surface area contributed by atoms with Crippen molar-refractivity contribution in [3.05, 3.63) is 137 Å². The van der Waals surface area contributed by atoms with Crippen LogP contribution < -0.4 is 14.4 Å². The average Bonchev–Trinajstić information content (AvgIpc) is 3.72. The Balaban J connectivity index is 1.23. The van der Waals surface area contributed by atoms with Crippen LogP contribution in [0.5, 0.6) is 0 Å². The minimum atomic E-state index is -0.195. The molecule has 9 rings (SSSR count). The Kier molecular flexibility index (Phi) is 7.71. The number of hydrogen-bond acceptors (Lipinski definition) is 4. The van der Waals surface area contributed by atoms with Crippen LogP contribution in [0.1, 0.15) is 73.4 Å². The number of rotatable bonds is 6. The zero-order valence-corrected chi connectivity index (χ0v) is 32.5. The van der Waals surface area contributed by atoms with Gasteiger partial charge in [-0.25, -0.2) is 14.5 Å². The quantitative estimate of drug-likeness (QED) is 0.162. The van der Waals surface area contributed by atoms with Gasteiger partial charge in [-0.1, -0.05) is 99.1 Å². The van der Waals surface area contributed by atoms with Crippen molar-refractivity contribution in [2.24, 2.45) is 5.92 Å². The molecule has 0 amide bonds. The van der Waals surface area contributed by atoms with Crippen LogP contribution in [0.25, 0.3) is 28.5 Å². The van der Waals surface area contributed by atoms with E-state index in [0.717, 1.165) is 48.6 Å². The van der Waals surface area contributed by atoms with Crippen molar-refractivity contribution < 1.29 is 4.57 Å². The topological polar surface area (TPSA) is 41.1 Å². The zero-order valence-electron chi connectivity index (χ0n) is 32.5. The molecule has 268 valence electrons. The van der Waals surface area contributed by atoms with Crippen LogP contribution in [0, 0.1) is 33.6 Å². The first-order valence-electron chi connectivity index (χ1n) is 19.5. The first kappa shape index (κ1) is 33.6. The smallest absolute Gasteiger partial charge is 0.294 e. The zero-order chi connectivity index (χ0) is 36.8. The van der Waals surface area contributed by atoms with E-state index in [2.05, 4.69) is 178 Å². The summed E-state index contributed by atoms with van der Waals surface area (Å²) in [5.41, 5.74) is 13.7. The molecule has 53 heavy (non-hydrogen) atoms. The molecule has 6 heteroatoms. The predicted molar refractivity (Wildman–Crippen MR) is 216 cm³/mol. The molecule has 0 saturated heterocycles. The van der Waals surface area contributed by atoms with Crippen LogP contribution >= 0.6 is 0 Å². The van der Waals surface area contributed by atoms with Crippen LogP contribution in [-0.2, 0) is 17.4 Å². The van der Waals surface area contributed by atoms with E-state index in [4.69, 9.17) is 9.97 Å². The number of hydrogen-bond donors (Lipinski definition) is 0. The van der Waals surface area contributed by atoms with E-state index in [9.17, 15) is 0 Å². The fourth-order valence-corrected chi connectivity index (χ4v) is 10.8. The number of fused-ring (bicyclic) bond motifs is 8. The second kappa shape index (κ2) is 12.2. The molecule has 0 aliphatic carbocycles. The summed E-state index contributed by atoms with van der Waals surface area (Å²) in [5, 5.41) is 0. The summed E-state index contributed by atoms with van der Waals surface area (Å²) in [6, 6.07) is 31.4. The molecule has 4 atom stereocenters. The first-order valence-corrected chi connectivity index (χ1v) is 19.5. The van der Waals surface area contributed by atoms with E-state index >= 15 is 0 Å². The van der Waals surface area contributed by atoms with Crippen molar-refractivity contribution in [2.75, 3.05) is 16.8 Å². The lowest BCUT2D eigenvalue weighted by molar-refractivity contribution is -0.770. The highest BCUT2D eigenvalue weighted by atomic mass is 15.4. The predicted octanol–water partition coefficient (Wildman–Crippen LogP) is 10.1. The van der Waals surface area contributed by atoms with E-state index in [1.54, 1.807) is 0 Å². The molecule has 0 spiro atoms. The molecule has 0 fully saturated rings. The molecule has 0 bridgehead atoms. The van der Waals surface area contributed by atoms with E-state index in [1.807, 2.05) is 0 Å². The Bertz CT molecular complexity index is 2380. The van der Waals surface area contributed by atoms with Gasteiger partial charge in [-0.2, -0.15) is 4.57 Å². The van der Waals surface area contributed by atoms with Crippen LogP contribution in [0.15, 0.2) is 104 Å². The number of imidazole rings is 1. The van der Waals surface area contributed by atoms with E-state index < -0.39 is 0 Å². The van der Waals surface area contributed by atoms with Gasteiger partial charge in [-0.3, -0.25) is 0 Å². The highest BCUT2D eigenvalue weighted by Gasteiger charge is 2.60. The van der Waals surface area contributed by atoms with Crippen molar-refractivity contribution in [1.29, 1.82) is 0 Å². The normalized spacial score (nSPS) is 22.6. The third kappa shape index (κ3) is 4.66. The van der Waals surface area contributed by atoms with Crippen LogP contribution in [-0.4, -0.2) is 27.7 Å². The van der Waals surface area contributed by atoms with Gasteiger partial charge in [0.2, 0.25) is 0 Å². The number of aromatic nitrogens is 4. The molecular formula is C47H51N6+. The minimum Gasteiger partial charge on any atom is -0.349 e. The average molecular weight is 700 g/mol. The Morgan fingerprint density at radius 3 is 2.25 bits per heavy atom. The molecule has 0 N–H and O–H groups in total. The number of nitrogens with zero attached hydrogens (tertiary/aromatic N) is 6. The fourth-order valence-electron chi connectivity index (χ4n) is 10.8. The SMILES string of the molecule is CCC1(C)c2ccccc2-c2n(-c3c(C)cc(C)cc3C)cc[n+]2C1(CC)CC1Cc2ccccc2N2c3nc(-c4ccccc4C)ncc3N(C)C12. The van der Waals surface area contributed by atoms with Crippen molar-refractivity contribution in [3.63, 3.8) is 0 Å². The van der Waals surface area contributed by atoms with Crippen LogP contribution in [0.3, 0.4) is 0 Å². The van der Waals surface area contributed by atoms with E-state index in [1.165, 1.54) is 56.1 Å². The third-order valence-electron chi connectivity index (χ3n) is 13.4. The molecule has 3 aliphatic rings. The molecule has 4 aromatic carbocycles. The summed E-state index contributed by atoms with van der Waals surface area (Å²) >= 11 is 0. The monoisotopic (exact) mass is 699 g/mol. The van der Waals surface area contributed by atoms with Gasteiger partial charge in [0, 0.05) is 29.6 Å². The number of aryl methyl sites for hydroxylation is 4. The molecular weight excluding hydrogens is 649 g/mol. The van der Waals surface area contributed by atoms with Gasteiger partial charge in [0.1, 0.15) is 35.5 Å². The van der Waals surface area contributed by atoms with E-state index in [0.29, 0.717) is 5.92 Å². The molecule has 4 unspecified atom stereocenters. The second-order valence-corrected chi connectivity index (χ2v) is 16.1. The highest BCUT2D eigenvalue weighted by molar-refractivity contribution is 5.84. The van der Waals surface area contributed by atoms with E-state index in [-0.39, 0.29) is 17.1 Å². The molecule has 6 nitrogen and oxygen atoms in total. The highest BCUT2D eigenvalue weighted by Crippen LogP contribution is 2.56. The van der Waals surface area contributed by atoms with Crippen molar-refractivity contribution in [3.8, 4) is 28.5 Å². The van der Waals surface area contributed by atoms with Gasteiger partial charge in [-0.15, -0.1) is 0 Å². The Morgan fingerprint density at radius 2 is 1.51 bits per heavy atom.